The number of hydrogen-bond acceptors (Lipinski definition) is 5. The summed E-state index contributed by atoms with van der Waals surface area (Å²) in [5.41, 5.74) is 1.36. The number of carbonyl (C=O) groups is 1. The summed E-state index contributed by atoms with van der Waals surface area (Å²) >= 11 is 7.26. The number of aromatic nitrogens is 2. The van der Waals surface area contributed by atoms with Crippen molar-refractivity contribution in [2.45, 2.75) is 6.92 Å². The summed E-state index contributed by atoms with van der Waals surface area (Å²) in [5, 5.41) is 13.6. The van der Waals surface area contributed by atoms with Gasteiger partial charge < -0.3 is 10.4 Å². The van der Waals surface area contributed by atoms with Crippen LogP contribution in [0.4, 0.5) is 11.5 Å². The van der Waals surface area contributed by atoms with Gasteiger partial charge in [-0.1, -0.05) is 23.7 Å². The van der Waals surface area contributed by atoms with E-state index in [0.717, 1.165) is 11.3 Å². The molecule has 21 heavy (non-hydrogen) atoms. The topological polar surface area (TPSA) is 75.1 Å². The molecular formula is C14H10ClN3O2S. The number of anilines is 2. The number of aromatic carboxylic acids is 1. The second-order valence-corrected chi connectivity index (χ2v) is 5.77. The number of fused-ring (bicyclic) bond motifs is 1. The summed E-state index contributed by atoms with van der Waals surface area (Å²) in [4.78, 5) is 20.5. The Bertz CT molecular complexity index is 847. The van der Waals surface area contributed by atoms with E-state index >= 15 is 0 Å². The Morgan fingerprint density at radius 2 is 2.10 bits per heavy atom. The van der Waals surface area contributed by atoms with Crippen LogP contribution in [0.5, 0.6) is 0 Å². The number of nitrogens with zero attached hydrogens (tertiary/aromatic N) is 2. The number of hydrogen-bond donors (Lipinski definition) is 2. The average molecular weight is 320 g/mol. The predicted octanol–water partition coefficient (Wildman–Crippen LogP) is 4.09. The van der Waals surface area contributed by atoms with Crippen molar-refractivity contribution >= 4 is 50.6 Å². The number of aryl methyl sites for hydroxylation is 1. The fraction of sp³-hybridized carbons (Fsp3) is 0.0714. The van der Waals surface area contributed by atoms with Crippen molar-refractivity contribution in [2.24, 2.45) is 0 Å². The van der Waals surface area contributed by atoms with E-state index in [1.807, 2.05) is 18.2 Å². The van der Waals surface area contributed by atoms with Crippen molar-refractivity contribution in [3.8, 4) is 0 Å². The third-order valence-corrected chi connectivity index (χ3v) is 4.57. The summed E-state index contributed by atoms with van der Waals surface area (Å²) in [5.74, 6) is -0.409. The van der Waals surface area contributed by atoms with E-state index in [1.54, 1.807) is 13.0 Å². The first kappa shape index (κ1) is 13.8. The monoisotopic (exact) mass is 319 g/mol. The van der Waals surface area contributed by atoms with Gasteiger partial charge in [0.15, 0.2) is 0 Å². The van der Waals surface area contributed by atoms with E-state index in [0.29, 0.717) is 32.3 Å². The minimum atomic E-state index is -0.959. The predicted molar refractivity (Wildman–Crippen MR) is 83.8 cm³/mol. The van der Waals surface area contributed by atoms with Crippen LogP contribution < -0.4 is 5.32 Å². The summed E-state index contributed by atoms with van der Waals surface area (Å²) in [6.07, 6.45) is 1.41. The van der Waals surface area contributed by atoms with Gasteiger partial charge in [0.25, 0.3) is 0 Å². The zero-order valence-corrected chi connectivity index (χ0v) is 12.5. The molecule has 7 heteroatoms. The summed E-state index contributed by atoms with van der Waals surface area (Å²) < 4.78 is 0. The molecule has 5 nitrogen and oxygen atoms in total. The lowest BCUT2D eigenvalue weighted by atomic mass is 10.2. The van der Waals surface area contributed by atoms with Crippen LogP contribution >= 0.6 is 22.9 Å². The van der Waals surface area contributed by atoms with Crippen molar-refractivity contribution in [3.63, 3.8) is 0 Å². The van der Waals surface area contributed by atoms with Gasteiger partial charge in [-0.2, -0.15) is 0 Å². The van der Waals surface area contributed by atoms with Gasteiger partial charge in [0.2, 0.25) is 0 Å². The Morgan fingerprint density at radius 3 is 2.81 bits per heavy atom. The van der Waals surface area contributed by atoms with Crippen LogP contribution in [-0.2, 0) is 0 Å². The average Bonchev–Trinajstić information content (AvgIpc) is 2.80. The molecule has 0 aliphatic carbocycles. The summed E-state index contributed by atoms with van der Waals surface area (Å²) in [6.45, 7) is 1.75. The van der Waals surface area contributed by atoms with Crippen molar-refractivity contribution in [1.29, 1.82) is 0 Å². The lowest BCUT2D eigenvalue weighted by molar-refractivity contribution is 0.0701. The first-order valence-electron chi connectivity index (χ1n) is 6.07. The molecule has 0 saturated heterocycles. The molecule has 0 unspecified atom stereocenters. The first-order valence-corrected chi connectivity index (χ1v) is 7.26. The highest BCUT2D eigenvalue weighted by atomic mass is 35.5. The van der Waals surface area contributed by atoms with Gasteiger partial charge >= 0.3 is 5.97 Å². The van der Waals surface area contributed by atoms with Crippen molar-refractivity contribution < 1.29 is 9.90 Å². The van der Waals surface area contributed by atoms with Crippen LogP contribution in [0.15, 0.2) is 30.6 Å². The van der Waals surface area contributed by atoms with Crippen LogP contribution in [0.2, 0.25) is 5.02 Å². The SMILES string of the molecule is Cc1c(C(=O)O)sc2ncnc(Nc3ccccc3Cl)c12. The molecule has 0 spiro atoms. The molecule has 0 aliphatic rings. The normalized spacial score (nSPS) is 10.8. The number of rotatable bonds is 3. The van der Waals surface area contributed by atoms with E-state index in [9.17, 15) is 9.90 Å². The van der Waals surface area contributed by atoms with E-state index in [-0.39, 0.29) is 4.88 Å². The summed E-state index contributed by atoms with van der Waals surface area (Å²) in [7, 11) is 0. The fourth-order valence-corrected chi connectivity index (χ4v) is 3.23. The Balaban J connectivity index is 2.15. The minimum absolute atomic E-state index is 0.271. The Labute approximate surface area is 129 Å². The van der Waals surface area contributed by atoms with Crippen molar-refractivity contribution in [3.05, 3.63) is 46.1 Å². The zero-order valence-electron chi connectivity index (χ0n) is 10.9. The maximum atomic E-state index is 11.2. The minimum Gasteiger partial charge on any atom is -0.477 e. The Hall–Kier alpha value is -2.18. The molecule has 3 aromatic rings. The van der Waals surface area contributed by atoms with Crippen LogP contribution in [0.1, 0.15) is 15.2 Å². The molecule has 0 atom stereocenters. The molecule has 2 heterocycles. The van der Waals surface area contributed by atoms with Gasteiger partial charge in [0.05, 0.1) is 16.1 Å². The van der Waals surface area contributed by atoms with Gasteiger partial charge in [-0.25, -0.2) is 14.8 Å². The highest BCUT2D eigenvalue weighted by Crippen LogP contribution is 2.35. The van der Waals surface area contributed by atoms with Crippen LogP contribution in [0.25, 0.3) is 10.2 Å². The molecule has 0 radical (unpaired) electrons. The van der Waals surface area contributed by atoms with E-state index in [2.05, 4.69) is 15.3 Å². The second kappa shape index (κ2) is 5.31. The molecule has 106 valence electrons. The number of benzene rings is 1. The molecule has 0 amide bonds. The standard InChI is InChI=1S/C14H10ClN3O2S/c1-7-10-12(18-9-5-3-2-4-8(9)15)16-6-17-13(10)21-11(7)14(19)20/h2-6H,1H3,(H,19,20)(H,16,17,18). The highest BCUT2D eigenvalue weighted by Gasteiger charge is 2.18. The van der Waals surface area contributed by atoms with E-state index < -0.39 is 5.97 Å². The maximum absolute atomic E-state index is 11.2. The lowest BCUT2D eigenvalue weighted by Gasteiger charge is -2.08. The molecule has 0 aliphatic heterocycles. The molecule has 0 saturated carbocycles. The number of carboxylic acid groups (broad SMARTS) is 1. The van der Waals surface area contributed by atoms with Crippen molar-refractivity contribution in [1.82, 2.24) is 9.97 Å². The number of halogens is 1. The molecule has 0 bridgehead atoms. The zero-order chi connectivity index (χ0) is 15.0. The van der Waals surface area contributed by atoms with Gasteiger partial charge in [-0.05, 0) is 24.6 Å². The van der Waals surface area contributed by atoms with Crippen LogP contribution in [0, 0.1) is 6.92 Å². The van der Waals surface area contributed by atoms with Crippen LogP contribution in [-0.4, -0.2) is 21.0 Å². The number of thiophene rings is 1. The number of carboxylic acids is 1. The van der Waals surface area contributed by atoms with Crippen molar-refractivity contribution in [2.75, 3.05) is 5.32 Å². The molecule has 2 aromatic heterocycles. The summed E-state index contributed by atoms with van der Waals surface area (Å²) in [6, 6.07) is 7.29. The molecule has 1 aromatic carbocycles. The maximum Gasteiger partial charge on any atom is 0.346 e. The molecule has 2 N–H and O–H groups in total. The van der Waals surface area contributed by atoms with Gasteiger partial charge in [-0.3, -0.25) is 0 Å². The molecular weight excluding hydrogens is 310 g/mol. The number of para-hydroxylation sites is 1. The molecule has 0 fully saturated rings. The largest absolute Gasteiger partial charge is 0.477 e. The quantitative estimate of drug-likeness (QED) is 0.760. The van der Waals surface area contributed by atoms with Crippen LogP contribution in [0.3, 0.4) is 0 Å². The Morgan fingerprint density at radius 1 is 1.33 bits per heavy atom. The lowest BCUT2D eigenvalue weighted by Crippen LogP contribution is -1.97. The highest BCUT2D eigenvalue weighted by molar-refractivity contribution is 7.20. The van der Waals surface area contributed by atoms with Gasteiger partial charge in [0, 0.05) is 0 Å². The third kappa shape index (κ3) is 2.43. The first-order chi connectivity index (χ1) is 10.1. The Kier molecular flexibility index (Phi) is 3.48. The molecule has 3 rings (SSSR count). The van der Waals surface area contributed by atoms with Gasteiger partial charge in [0.1, 0.15) is 21.9 Å². The second-order valence-electron chi connectivity index (χ2n) is 4.37. The van der Waals surface area contributed by atoms with E-state index in [1.165, 1.54) is 6.33 Å². The number of nitrogens with one attached hydrogen (secondary N) is 1. The van der Waals surface area contributed by atoms with E-state index in [4.69, 9.17) is 11.6 Å². The van der Waals surface area contributed by atoms with Gasteiger partial charge in [-0.15, -0.1) is 11.3 Å². The third-order valence-electron chi connectivity index (χ3n) is 3.05. The fourth-order valence-electron chi connectivity index (χ4n) is 2.06. The smallest absolute Gasteiger partial charge is 0.346 e.